The van der Waals surface area contributed by atoms with Crippen LogP contribution in [0.15, 0.2) is 24.3 Å². The number of halogens is 1. The summed E-state index contributed by atoms with van der Waals surface area (Å²) in [5.74, 6) is -3.86. The van der Waals surface area contributed by atoms with E-state index in [1.165, 1.54) is 20.0 Å². The van der Waals surface area contributed by atoms with Crippen molar-refractivity contribution in [2.75, 3.05) is 20.8 Å². The van der Waals surface area contributed by atoms with Gasteiger partial charge in [-0.05, 0) is 111 Å². The number of amides is 1. The first-order chi connectivity index (χ1) is 32.6. The van der Waals surface area contributed by atoms with Gasteiger partial charge in [0.05, 0.1) is 47.6 Å². The number of ether oxygens (including phenoxy) is 8. The SMILES string of the molecule is CCC1OC(=O)C(C)C(OC2CC(C)(OC)C(O)C(C)O2)C(C)C(OC2OC(C)CC(N(C3CCC3)C3CCC3)C2O)C(C)(OC)CC(C)C(=O)C(C)C2N(CCc3ccc(Cl)cc3)C(=O)OC12C. The summed E-state index contributed by atoms with van der Waals surface area (Å²) in [5.41, 5.74) is -2.77. The number of aliphatic hydroxyl groups excluding tert-OH is 2. The van der Waals surface area contributed by atoms with Crippen LogP contribution in [0, 0.1) is 23.7 Å². The van der Waals surface area contributed by atoms with Crippen LogP contribution in [-0.2, 0) is 53.9 Å². The predicted octanol–water partition coefficient (Wildman–Crippen LogP) is 7.65. The van der Waals surface area contributed by atoms with Gasteiger partial charge in [-0.3, -0.25) is 19.4 Å². The van der Waals surface area contributed by atoms with Crippen molar-refractivity contribution in [2.24, 2.45) is 23.7 Å². The molecule has 4 aliphatic heterocycles. The first kappa shape index (κ1) is 54.3. The van der Waals surface area contributed by atoms with Crippen LogP contribution in [0.5, 0.6) is 0 Å². The van der Waals surface area contributed by atoms with Crippen LogP contribution in [0.1, 0.15) is 139 Å². The zero-order valence-corrected chi connectivity index (χ0v) is 44.0. The number of nitrogens with zero attached hydrogens (tertiary/aromatic N) is 2. The second kappa shape index (κ2) is 22.0. The van der Waals surface area contributed by atoms with Crippen molar-refractivity contribution in [3.63, 3.8) is 0 Å². The molecular weight excluding hydrogens is 908 g/mol. The predicted molar refractivity (Wildman–Crippen MR) is 258 cm³/mol. The minimum Gasteiger partial charge on any atom is -0.458 e. The Morgan fingerprint density at radius 1 is 0.841 bits per heavy atom. The van der Waals surface area contributed by atoms with E-state index >= 15 is 9.59 Å². The molecule has 18 atom stereocenters. The lowest BCUT2D eigenvalue weighted by molar-refractivity contribution is -0.321. The number of hydrogen-bond donors (Lipinski definition) is 2. The van der Waals surface area contributed by atoms with Crippen LogP contribution >= 0.6 is 11.6 Å². The van der Waals surface area contributed by atoms with Gasteiger partial charge in [0, 0.05) is 68.1 Å². The Balaban J connectivity index is 1.29. The van der Waals surface area contributed by atoms with E-state index in [1.807, 2.05) is 53.7 Å². The maximum atomic E-state index is 15.2. The zero-order valence-electron chi connectivity index (χ0n) is 43.3. The third kappa shape index (κ3) is 10.9. The Kier molecular flexibility index (Phi) is 17.3. The molecule has 2 saturated carbocycles. The summed E-state index contributed by atoms with van der Waals surface area (Å²) in [6.07, 6.45) is -0.0410. The summed E-state index contributed by atoms with van der Waals surface area (Å²) in [6, 6.07) is 7.19. The van der Waals surface area contributed by atoms with E-state index in [0.717, 1.165) is 31.2 Å². The van der Waals surface area contributed by atoms with Crippen LogP contribution in [0.4, 0.5) is 4.79 Å². The Morgan fingerprint density at radius 3 is 2.03 bits per heavy atom. The lowest BCUT2D eigenvalue weighted by Gasteiger charge is -2.54. The van der Waals surface area contributed by atoms with Gasteiger partial charge in [0.25, 0.3) is 0 Å². The van der Waals surface area contributed by atoms with E-state index in [0.29, 0.717) is 29.9 Å². The fourth-order valence-electron chi connectivity index (χ4n) is 12.8. The van der Waals surface area contributed by atoms with E-state index in [4.69, 9.17) is 49.5 Å². The molecule has 1 aromatic carbocycles. The number of ketones is 1. The second-order valence-electron chi connectivity index (χ2n) is 22.2. The molecule has 4 saturated heterocycles. The highest BCUT2D eigenvalue weighted by Gasteiger charge is 2.61. The maximum Gasteiger partial charge on any atom is 0.410 e. The Labute approximate surface area is 415 Å². The normalized spacial score (nSPS) is 43.1. The van der Waals surface area contributed by atoms with Crippen molar-refractivity contribution in [3.05, 3.63) is 34.9 Å². The number of carbonyl (C=O) groups excluding carboxylic acids is 3. The average Bonchev–Trinajstić information content (AvgIpc) is 3.54. The van der Waals surface area contributed by atoms with Crippen LogP contribution in [0.2, 0.25) is 5.02 Å². The Bertz CT molecular complexity index is 1910. The molecule has 2 N–H and O–H groups in total. The number of hydrogen-bond acceptors (Lipinski definition) is 14. The van der Waals surface area contributed by atoms with Gasteiger partial charge in [0.2, 0.25) is 0 Å². The highest BCUT2D eigenvalue weighted by atomic mass is 35.5. The lowest BCUT2D eigenvalue weighted by atomic mass is 9.73. The zero-order chi connectivity index (χ0) is 50.3. The molecule has 69 heavy (non-hydrogen) atoms. The molecule has 390 valence electrons. The maximum absolute atomic E-state index is 15.2. The Morgan fingerprint density at radius 2 is 1.46 bits per heavy atom. The van der Waals surface area contributed by atoms with Gasteiger partial charge < -0.3 is 48.1 Å². The minimum absolute atomic E-state index is 0.128. The summed E-state index contributed by atoms with van der Waals surface area (Å²) in [5, 5.41) is 24.3. The average molecular weight is 992 g/mol. The number of Topliss-reactive ketones (excluding diaryl/α,β-unsaturated/α-hetero) is 1. The quantitative estimate of drug-likeness (QED) is 0.185. The van der Waals surface area contributed by atoms with Gasteiger partial charge in [-0.15, -0.1) is 0 Å². The van der Waals surface area contributed by atoms with Gasteiger partial charge in [-0.2, -0.15) is 0 Å². The van der Waals surface area contributed by atoms with Crippen molar-refractivity contribution in [1.29, 1.82) is 0 Å². The number of rotatable bonds is 13. The largest absolute Gasteiger partial charge is 0.458 e. The minimum atomic E-state index is -1.43. The van der Waals surface area contributed by atoms with Crippen LogP contribution in [-0.4, -0.2) is 155 Å². The summed E-state index contributed by atoms with van der Waals surface area (Å²) in [7, 11) is 3.12. The van der Waals surface area contributed by atoms with Crippen LogP contribution in [0.3, 0.4) is 0 Å². The first-order valence-corrected chi connectivity index (χ1v) is 26.3. The van der Waals surface area contributed by atoms with Crippen molar-refractivity contribution in [2.45, 2.75) is 236 Å². The molecule has 7 rings (SSSR count). The van der Waals surface area contributed by atoms with Gasteiger partial charge in [-0.25, -0.2) is 4.79 Å². The molecule has 0 bridgehead atoms. The van der Waals surface area contributed by atoms with Crippen LogP contribution < -0.4 is 0 Å². The third-order valence-corrected chi connectivity index (χ3v) is 17.6. The van der Waals surface area contributed by atoms with E-state index in [1.54, 1.807) is 51.8 Å². The molecule has 0 aromatic heterocycles. The Hall–Kier alpha value is -2.44. The molecule has 16 heteroatoms. The molecule has 0 radical (unpaired) electrons. The van der Waals surface area contributed by atoms with E-state index in [9.17, 15) is 15.0 Å². The van der Waals surface area contributed by atoms with Gasteiger partial charge in [0.1, 0.15) is 24.1 Å². The molecule has 6 aliphatic rings. The molecule has 4 heterocycles. The number of esters is 1. The molecule has 2 aliphatic carbocycles. The van der Waals surface area contributed by atoms with Crippen molar-refractivity contribution < 1.29 is 62.5 Å². The van der Waals surface area contributed by atoms with Crippen molar-refractivity contribution in [1.82, 2.24) is 9.80 Å². The highest BCUT2D eigenvalue weighted by Crippen LogP contribution is 2.46. The summed E-state index contributed by atoms with van der Waals surface area (Å²) < 4.78 is 52.5. The second-order valence-corrected chi connectivity index (χ2v) is 22.6. The van der Waals surface area contributed by atoms with E-state index in [-0.39, 0.29) is 43.7 Å². The summed E-state index contributed by atoms with van der Waals surface area (Å²) in [4.78, 5) is 48.5. The van der Waals surface area contributed by atoms with E-state index in [2.05, 4.69) is 4.90 Å². The molecular formula is C53H83ClN2O13. The summed E-state index contributed by atoms with van der Waals surface area (Å²) >= 11 is 6.20. The lowest BCUT2D eigenvalue weighted by Crippen LogP contribution is -2.65. The highest BCUT2D eigenvalue weighted by molar-refractivity contribution is 6.30. The van der Waals surface area contributed by atoms with E-state index < -0.39 is 108 Å². The van der Waals surface area contributed by atoms with Gasteiger partial charge in [-0.1, -0.05) is 64.3 Å². The molecule has 15 nitrogen and oxygen atoms in total. The molecule has 1 aromatic rings. The molecule has 1 amide bonds. The third-order valence-electron chi connectivity index (χ3n) is 17.4. The number of fused-ring (bicyclic) bond motifs is 1. The fraction of sp³-hybridized carbons (Fsp3) is 0.830. The molecule has 6 fully saturated rings. The summed E-state index contributed by atoms with van der Waals surface area (Å²) in [6.45, 7) is 18.7. The number of methoxy groups -OCH3 is 2. The molecule has 0 spiro atoms. The van der Waals surface area contributed by atoms with Gasteiger partial charge >= 0.3 is 12.1 Å². The number of benzene rings is 1. The number of aliphatic hydroxyl groups is 2. The number of cyclic esters (lactones) is 1. The van der Waals surface area contributed by atoms with Gasteiger partial charge in [0.15, 0.2) is 18.2 Å². The standard InChI is InChI=1S/C53H83ClN2O13/c1-13-40-53(10)45(55(50(61)69-53)25-24-35-20-22-36(54)23-21-35)31(4)42(57)29(2)27-52(9,63-12)47(68-49-43(58)39(26-30(3)64-49)56(37-16-14-17-37)38-18-15-19-38)32(5)44(33(6)48(60)66-40)67-41-28-51(8,62-11)46(59)34(7)65-41/h20-23,29-34,37-41,43-47,49,58-59H,13-19,24-28H2,1-12H3. The topological polar surface area (TPSA) is 172 Å². The first-order valence-electron chi connectivity index (χ1n) is 25.9. The van der Waals surface area contributed by atoms with Crippen molar-refractivity contribution in [3.8, 4) is 0 Å². The number of carbonyl (C=O) groups is 3. The fourth-order valence-corrected chi connectivity index (χ4v) is 12.9. The molecule has 18 unspecified atom stereocenters. The van der Waals surface area contributed by atoms with Crippen molar-refractivity contribution >= 4 is 29.4 Å². The monoisotopic (exact) mass is 991 g/mol. The smallest absolute Gasteiger partial charge is 0.410 e. The van der Waals surface area contributed by atoms with Crippen LogP contribution in [0.25, 0.3) is 0 Å².